The maximum Gasteiger partial charge on any atom is 0.326 e. The highest BCUT2D eigenvalue weighted by atomic mass is 16.5. The number of amides is 1. The van der Waals surface area contributed by atoms with Crippen LogP contribution in [-0.4, -0.2) is 41.6 Å². The molecule has 0 bridgehead atoms. The minimum Gasteiger partial charge on any atom is -0.496 e. The predicted octanol–water partition coefficient (Wildman–Crippen LogP) is 2.65. The first-order valence-electron chi connectivity index (χ1n) is 7.69. The van der Waals surface area contributed by atoms with Crippen molar-refractivity contribution in [2.24, 2.45) is 0 Å². The molecule has 5 heteroatoms. The van der Waals surface area contributed by atoms with Crippen LogP contribution in [0.25, 0.3) is 0 Å². The van der Waals surface area contributed by atoms with E-state index in [1.54, 1.807) is 7.11 Å². The third-order valence-electron chi connectivity index (χ3n) is 4.26. The minimum absolute atomic E-state index is 0.0139. The zero-order valence-corrected chi connectivity index (χ0v) is 13.1. The van der Waals surface area contributed by atoms with Crippen molar-refractivity contribution in [2.75, 3.05) is 13.7 Å². The van der Waals surface area contributed by atoms with E-state index in [1.165, 1.54) is 4.90 Å². The Morgan fingerprint density at radius 2 is 2.09 bits per heavy atom. The number of para-hydroxylation sites is 1. The molecule has 2 atom stereocenters. The van der Waals surface area contributed by atoms with E-state index in [1.807, 2.05) is 31.2 Å². The quantitative estimate of drug-likeness (QED) is 0.908. The second-order valence-corrected chi connectivity index (χ2v) is 5.78. The summed E-state index contributed by atoms with van der Waals surface area (Å²) < 4.78 is 5.33. The number of ether oxygens (including phenoxy) is 1. The van der Waals surface area contributed by atoms with E-state index in [4.69, 9.17) is 4.74 Å². The van der Waals surface area contributed by atoms with E-state index >= 15 is 0 Å². The molecule has 22 heavy (non-hydrogen) atoms. The molecule has 1 saturated heterocycles. The van der Waals surface area contributed by atoms with Crippen molar-refractivity contribution in [1.82, 2.24) is 4.90 Å². The van der Waals surface area contributed by atoms with Gasteiger partial charge in [-0.2, -0.15) is 0 Å². The normalized spacial score (nSPS) is 19.5. The fourth-order valence-corrected chi connectivity index (χ4v) is 3.05. The van der Waals surface area contributed by atoms with Crippen LogP contribution < -0.4 is 4.74 Å². The number of aliphatic carboxylic acids is 1. The molecule has 0 saturated carbocycles. The average Bonchev–Trinajstić information content (AvgIpc) is 2.54. The highest BCUT2D eigenvalue weighted by molar-refractivity contribution is 5.84. The summed E-state index contributed by atoms with van der Waals surface area (Å²) >= 11 is 0. The molecule has 1 amide bonds. The van der Waals surface area contributed by atoms with Gasteiger partial charge in [-0.25, -0.2) is 4.79 Å². The van der Waals surface area contributed by atoms with Crippen molar-refractivity contribution in [1.29, 1.82) is 0 Å². The number of nitrogens with zero attached hydrogens (tertiary/aromatic N) is 1. The lowest BCUT2D eigenvalue weighted by molar-refractivity contribution is -0.152. The smallest absolute Gasteiger partial charge is 0.326 e. The molecule has 1 fully saturated rings. The van der Waals surface area contributed by atoms with Gasteiger partial charge in [-0.1, -0.05) is 25.1 Å². The van der Waals surface area contributed by atoms with Crippen molar-refractivity contribution in [2.45, 2.75) is 44.6 Å². The fourth-order valence-electron chi connectivity index (χ4n) is 3.05. The number of rotatable bonds is 5. The van der Waals surface area contributed by atoms with Gasteiger partial charge < -0.3 is 14.7 Å². The summed E-state index contributed by atoms with van der Waals surface area (Å²) in [5.41, 5.74) is 0.974. The molecule has 1 aliphatic rings. The van der Waals surface area contributed by atoms with Crippen LogP contribution in [0.15, 0.2) is 24.3 Å². The molecule has 5 nitrogen and oxygen atoms in total. The Balaban J connectivity index is 2.08. The average molecular weight is 305 g/mol. The lowest BCUT2D eigenvalue weighted by Crippen LogP contribution is -2.48. The number of hydrogen-bond donors (Lipinski definition) is 1. The van der Waals surface area contributed by atoms with Crippen LogP contribution in [0.2, 0.25) is 0 Å². The highest BCUT2D eigenvalue weighted by Gasteiger charge is 2.32. The molecule has 1 aliphatic heterocycles. The molecule has 1 unspecified atom stereocenters. The Morgan fingerprint density at radius 1 is 1.36 bits per heavy atom. The van der Waals surface area contributed by atoms with Gasteiger partial charge >= 0.3 is 5.97 Å². The van der Waals surface area contributed by atoms with Gasteiger partial charge in [-0.05, 0) is 36.8 Å². The molecule has 1 aromatic carbocycles. The maximum absolute atomic E-state index is 12.5. The molecule has 1 heterocycles. The second kappa shape index (κ2) is 7.29. The van der Waals surface area contributed by atoms with Crippen LogP contribution in [0.4, 0.5) is 0 Å². The minimum atomic E-state index is -0.905. The summed E-state index contributed by atoms with van der Waals surface area (Å²) in [4.78, 5) is 25.4. The lowest BCUT2D eigenvalue weighted by atomic mass is 9.94. The van der Waals surface area contributed by atoms with Gasteiger partial charge in [-0.15, -0.1) is 0 Å². The predicted molar refractivity (Wildman–Crippen MR) is 83.0 cm³/mol. The van der Waals surface area contributed by atoms with Crippen LogP contribution in [-0.2, 0) is 9.59 Å². The van der Waals surface area contributed by atoms with Gasteiger partial charge in [0, 0.05) is 13.0 Å². The number of piperidine rings is 1. The third kappa shape index (κ3) is 3.59. The molecule has 0 radical (unpaired) electrons. The van der Waals surface area contributed by atoms with E-state index in [2.05, 4.69) is 0 Å². The Labute approximate surface area is 130 Å². The van der Waals surface area contributed by atoms with E-state index in [-0.39, 0.29) is 11.8 Å². The van der Waals surface area contributed by atoms with Crippen molar-refractivity contribution in [3.63, 3.8) is 0 Å². The summed E-state index contributed by atoms with van der Waals surface area (Å²) in [6, 6.07) is 6.95. The fraction of sp³-hybridized carbons (Fsp3) is 0.529. The lowest BCUT2D eigenvalue weighted by Gasteiger charge is -2.33. The number of carbonyl (C=O) groups is 2. The molecule has 1 aromatic rings. The summed E-state index contributed by atoms with van der Waals surface area (Å²) in [6.07, 6.45) is 2.58. The Kier molecular flexibility index (Phi) is 5.41. The molecule has 2 rings (SSSR count). The van der Waals surface area contributed by atoms with Crippen LogP contribution in [0.3, 0.4) is 0 Å². The first-order chi connectivity index (χ1) is 10.5. The number of benzene rings is 1. The van der Waals surface area contributed by atoms with Crippen LogP contribution in [0.5, 0.6) is 5.75 Å². The van der Waals surface area contributed by atoms with Crippen molar-refractivity contribution >= 4 is 11.9 Å². The van der Waals surface area contributed by atoms with Crippen molar-refractivity contribution in [3.05, 3.63) is 29.8 Å². The Bertz CT molecular complexity index is 543. The molecule has 0 aliphatic carbocycles. The molecular weight excluding hydrogens is 282 g/mol. The molecule has 120 valence electrons. The zero-order valence-electron chi connectivity index (χ0n) is 13.1. The van der Waals surface area contributed by atoms with Gasteiger partial charge in [0.2, 0.25) is 5.91 Å². The molecule has 0 aromatic heterocycles. The number of methoxy groups -OCH3 is 1. The standard InChI is InChI=1S/C17H23NO4/c1-12(13-7-3-4-9-15(13)22-2)11-16(19)18-10-6-5-8-14(18)17(20)21/h3-4,7,9,12,14H,5-6,8,10-11H2,1-2H3,(H,20,21)/t12?,14-/m1/s1. The Morgan fingerprint density at radius 3 is 2.77 bits per heavy atom. The Hall–Kier alpha value is -2.04. The molecule has 1 N–H and O–H groups in total. The van der Waals surface area contributed by atoms with E-state index < -0.39 is 12.0 Å². The second-order valence-electron chi connectivity index (χ2n) is 5.78. The third-order valence-corrected chi connectivity index (χ3v) is 4.26. The summed E-state index contributed by atoms with van der Waals surface area (Å²) in [5, 5.41) is 9.28. The van der Waals surface area contributed by atoms with Crippen LogP contribution >= 0.6 is 0 Å². The van der Waals surface area contributed by atoms with E-state index in [0.717, 1.165) is 24.2 Å². The zero-order chi connectivity index (χ0) is 16.1. The van der Waals surface area contributed by atoms with Gasteiger partial charge in [-0.3, -0.25) is 4.79 Å². The highest BCUT2D eigenvalue weighted by Crippen LogP contribution is 2.30. The topological polar surface area (TPSA) is 66.8 Å². The van der Waals surface area contributed by atoms with Gasteiger partial charge in [0.1, 0.15) is 11.8 Å². The van der Waals surface area contributed by atoms with Gasteiger partial charge in [0.05, 0.1) is 7.11 Å². The number of carboxylic acids is 1. The van der Waals surface area contributed by atoms with Crippen LogP contribution in [0.1, 0.15) is 44.1 Å². The molecular formula is C17H23NO4. The number of carbonyl (C=O) groups excluding carboxylic acids is 1. The van der Waals surface area contributed by atoms with Gasteiger partial charge in [0.15, 0.2) is 0 Å². The summed E-state index contributed by atoms with van der Waals surface area (Å²) in [5.74, 6) is -0.250. The number of hydrogen-bond acceptors (Lipinski definition) is 3. The van der Waals surface area contributed by atoms with Crippen LogP contribution in [0, 0.1) is 0 Å². The number of likely N-dealkylation sites (tertiary alicyclic amines) is 1. The van der Waals surface area contributed by atoms with E-state index in [9.17, 15) is 14.7 Å². The van der Waals surface area contributed by atoms with Crippen molar-refractivity contribution < 1.29 is 19.4 Å². The van der Waals surface area contributed by atoms with Crippen molar-refractivity contribution in [3.8, 4) is 5.75 Å². The molecule has 0 spiro atoms. The summed E-state index contributed by atoms with van der Waals surface area (Å²) in [6.45, 7) is 2.50. The summed E-state index contributed by atoms with van der Waals surface area (Å²) in [7, 11) is 1.61. The first kappa shape index (κ1) is 16.3. The first-order valence-corrected chi connectivity index (χ1v) is 7.69. The van der Waals surface area contributed by atoms with Gasteiger partial charge in [0.25, 0.3) is 0 Å². The number of carboxylic acid groups (broad SMARTS) is 1. The largest absolute Gasteiger partial charge is 0.496 e. The van der Waals surface area contributed by atoms with E-state index in [0.29, 0.717) is 19.4 Å². The maximum atomic E-state index is 12.5. The monoisotopic (exact) mass is 305 g/mol. The SMILES string of the molecule is COc1ccccc1C(C)CC(=O)N1CCCC[C@@H]1C(=O)O.